The van der Waals surface area contributed by atoms with Crippen LogP contribution in [0.3, 0.4) is 0 Å². The van der Waals surface area contributed by atoms with Crippen LogP contribution in [0.2, 0.25) is 0 Å². The van der Waals surface area contributed by atoms with Gasteiger partial charge >= 0.3 is 68.2 Å². The summed E-state index contributed by atoms with van der Waals surface area (Å²) in [5.41, 5.74) is 0. The summed E-state index contributed by atoms with van der Waals surface area (Å²) in [6, 6.07) is 0. The first-order valence-corrected chi connectivity index (χ1v) is 4.43. The molecule has 0 spiro atoms. The molecule has 0 amide bonds. The van der Waals surface area contributed by atoms with Gasteiger partial charge in [-0.15, -0.1) is 0 Å². The fraction of sp³-hybridized carbons (Fsp3) is 0. The van der Waals surface area contributed by atoms with Crippen molar-refractivity contribution >= 4 is 15.6 Å². The van der Waals surface area contributed by atoms with E-state index in [2.05, 4.69) is 4.31 Å². The standard InChI is InChI=1S/Co.K.H4O7P2/c;;1-8(2,3)7-9(4,5)6/h;;(H2,1,2,3)(H2,4,5,6)/q+2;+1;/p-3. The summed E-state index contributed by atoms with van der Waals surface area (Å²) in [6.45, 7) is 0. The van der Waals surface area contributed by atoms with Crippen LogP contribution in [0.5, 0.6) is 0 Å². The normalized spacial score (nSPS) is 15.6. The fourth-order valence-electron chi connectivity index (χ4n) is 0.126. The Morgan fingerprint density at radius 3 is 1.45 bits per heavy atom. The number of hydrogen-bond acceptors (Lipinski definition) is 6. The Balaban J connectivity index is -0.000000320. The SMILES string of the molecule is O=P([O-])([O-])OP(=O)([O-])O.[Co+2].[K+]. The molecule has 63 valence electrons. The van der Waals surface area contributed by atoms with Crippen LogP contribution in [-0.4, -0.2) is 4.89 Å². The number of rotatable bonds is 2. The van der Waals surface area contributed by atoms with Crippen LogP contribution in [-0.2, 0) is 30.2 Å². The molecule has 1 atom stereocenters. The van der Waals surface area contributed by atoms with Crippen LogP contribution in [0, 0.1) is 0 Å². The summed E-state index contributed by atoms with van der Waals surface area (Å²) in [5, 5.41) is 0. The van der Waals surface area contributed by atoms with Gasteiger partial charge < -0.3 is 24.1 Å². The molecule has 0 aliphatic carbocycles. The molecule has 1 radical (unpaired) electrons. The Hall–Kier alpha value is 2.40. The summed E-state index contributed by atoms with van der Waals surface area (Å²) in [7, 11) is -11.0. The summed E-state index contributed by atoms with van der Waals surface area (Å²) in [5.74, 6) is 0. The van der Waals surface area contributed by atoms with Crippen LogP contribution in [0.25, 0.3) is 0 Å². The first kappa shape index (κ1) is 19.1. The van der Waals surface area contributed by atoms with Crippen molar-refractivity contribution in [3.63, 3.8) is 0 Å². The third kappa shape index (κ3) is 19.0. The average Bonchev–Trinajstić information content (AvgIpc) is 1.14. The van der Waals surface area contributed by atoms with Gasteiger partial charge in [0.1, 0.15) is 0 Å². The summed E-state index contributed by atoms with van der Waals surface area (Å²) in [4.78, 5) is 35.7. The van der Waals surface area contributed by atoms with Crippen molar-refractivity contribution in [2.45, 2.75) is 0 Å². The van der Waals surface area contributed by atoms with Gasteiger partial charge in [0.15, 0.2) is 0 Å². The predicted octanol–water partition coefficient (Wildman–Crippen LogP) is -5.71. The van der Waals surface area contributed by atoms with E-state index >= 15 is 0 Å². The Kier molecular flexibility index (Phi) is 11.8. The van der Waals surface area contributed by atoms with E-state index in [0.29, 0.717) is 0 Å². The molecule has 0 rings (SSSR count). The second-order valence-electron chi connectivity index (χ2n) is 0.997. The van der Waals surface area contributed by atoms with Gasteiger partial charge in [-0.05, 0) is 0 Å². The van der Waals surface area contributed by atoms with Crippen molar-refractivity contribution < 1.29 is 101 Å². The van der Waals surface area contributed by atoms with E-state index in [1.807, 2.05) is 0 Å². The molecule has 0 aromatic carbocycles. The van der Waals surface area contributed by atoms with E-state index in [0.717, 1.165) is 0 Å². The van der Waals surface area contributed by atoms with Crippen molar-refractivity contribution in [2.75, 3.05) is 0 Å². The molecule has 0 aromatic heterocycles. The maximum atomic E-state index is 9.44. The van der Waals surface area contributed by atoms with Crippen molar-refractivity contribution in [1.82, 2.24) is 0 Å². The van der Waals surface area contributed by atoms with E-state index in [-0.39, 0.29) is 68.2 Å². The number of hydrogen-bond donors (Lipinski definition) is 1. The minimum atomic E-state index is -5.61. The number of phosphoric acid groups is 2. The van der Waals surface area contributed by atoms with Gasteiger partial charge in [-0.1, -0.05) is 0 Å². The maximum Gasteiger partial charge on any atom is 2.00 e. The molecule has 0 aliphatic heterocycles. The van der Waals surface area contributed by atoms with E-state index in [1.165, 1.54) is 0 Å². The largest absolute Gasteiger partial charge is 2.00 e. The van der Waals surface area contributed by atoms with Crippen LogP contribution in [0.1, 0.15) is 0 Å². The molecule has 0 aromatic rings. The van der Waals surface area contributed by atoms with Gasteiger partial charge in [0.2, 0.25) is 0 Å². The molecule has 11 heavy (non-hydrogen) atoms. The molecule has 11 heteroatoms. The second kappa shape index (κ2) is 6.80. The minimum absolute atomic E-state index is 0. The van der Waals surface area contributed by atoms with Crippen molar-refractivity contribution in [1.29, 1.82) is 0 Å². The minimum Gasteiger partial charge on any atom is -0.790 e. The second-order valence-corrected chi connectivity index (χ2v) is 3.48. The zero-order chi connectivity index (χ0) is 7.71. The Labute approximate surface area is 115 Å². The van der Waals surface area contributed by atoms with Gasteiger partial charge in [-0.2, -0.15) is 0 Å². The smallest absolute Gasteiger partial charge is 0.790 e. The zero-order valence-corrected chi connectivity index (χ0v) is 11.1. The van der Waals surface area contributed by atoms with Crippen molar-refractivity contribution in [3.05, 3.63) is 0 Å². The third-order valence-corrected chi connectivity index (χ3v) is 1.83. The molecule has 0 fully saturated rings. The van der Waals surface area contributed by atoms with Gasteiger partial charge in [-0.25, -0.2) is 0 Å². The summed E-state index contributed by atoms with van der Waals surface area (Å²) >= 11 is 0. The van der Waals surface area contributed by atoms with Gasteiger partial charge in [0.05, 0.1) is 7.82 Å². The molecule has 1 unspecified atom stereocenters. The molecule has 0 saturated heterocycles. The van der Waals surface area contributed by atoms with Crippen LogP contribution in [0.4, 0.5) is 0 Å². The predicted molar refractivity (Wildman–Crippen MR) is 18.5 cm³/mol. The molecule has 0 heterocycles. The molecule has 0 saturated carbocycles. The fourth-order valence-corrected chi connectivity index (χ4v) is 1.14. The van der Waals surface area contributed by atoms with E-state index in [1.54, 1.807) is 0 Å². The van der Waals surface area contributed by atoms with Crippen molar-refractivity contribution in [2.24, 2.45) is 0 Å². The van der Waals surface area contributed by atoms with Gasteiger partial charge in [0, 0.05) is 0 Å². The summed E-state index contributed by atoms with van der Waals surface area (Å²) < 4.78 is 21.4. The Bertz CT molecular complexity index is 157. The quantitative estimate of drug-likeness (QED) is 0.391. The molecule has 0 aliphatic rings. The Morgan fingerprint density at radius 2 is 1.45 bits per heavy atom. The molecule has 1 N–H and O–H groups in total. The first-order valence-electron chi connectivity index (χ1n) is 1.48. The average molecular weight is 273 g/mol. The topological polar surface area (TPSA) is 133 Å². The Morgan fingerprint density at radius 1 is 1.18 bits per heavy atom. The maximum absolute atomic E-state index is 9.44. The van der Waals surface area contributed by atoms with Crippen LogP contribution < -0.4 is 66.1 Å². The van der Waals surface area contributed by atoms with Crippen LogP contribution in [0.15, 0.2) is 0 Å². The van der Waals surface area contributed by atoms with Gasteiger partial charge in [0.25, 0.3) is 7.82 Å². The van der Waals surface area contributed by atoms with Crippen molar-refractivity contribution in [3.8, 4) is 0 Å². The monoisotopic (exact) mass is 273 g/mol. The first-order chi connectivity index (χ1) is 3.71. The molecular formula is HCoKO7P2. The van der Waals surface area contributed by atoms with E-state index in [9.17, 15) is 23.8 Å². The van der Waals surface area contributed by atoms with E-state index < -0.39 is 15.6 Å². The molecular weight excluding hydrogens is 272 g/mol. The van der Waals surface area contributed by atoms with Crippen LogP contribution >= 0.6 is 15.6 Å². The van der Waals surface area contributed by atoms with E-state index in [4.69, 9.17) is 4.89 Å². The molecule has 0 bridgehead atoms. The van der Waals surface area contributed by atoms with Gasteiger partial charge in [-0.3, -0.25) is 8.88 Å². The third-order valence-electron chi connectivity index (χ3n) is 0.203. The molecule has 7 nitrogen and oxygen atoms in total. The summed E-state index contributed by atoms with van der Waals surface area (Å²) in [6.07, 6.45) is 0. The zero-order valence-electron chi connectivity index (χ0n) is 5.12.